The standard InChI is InChI=1S/C32H30FN3O4/c1-34-31(38)23-7-4-5-20(13-23)8-9-21-14-22-6-2-3-12-40-30(22)28(15-21)32(39)36-26(19-37)16-24-18-35-29-17-25(33)10-11-27(24)29/h4-5,7,10-11,13-15,17-18,26,35,37H,2-3,6,12,16,19H2,1H3,(H,34,38)(H,36,39). The smallest absolute Gasteiger partial charge is 0.255 e. The number of hydrogen-bond donors (Lipinski definition) is 4. The van der Waals surface area contributed by atoms with Gasteiger partial charge >= 0.3 is 0 Å². The van der Waals surface area contributed by atoms with Crippen LogP contribution >= 0.6 is 0 Å². The first-order chi connectivity index (χ1) is 19.4. The van der Waals surface area contributed by atoms with E-state index in [2.05, 4.69) is 27.5 Å². The molecule has 3 aromatic carbocycles. The number of amides is 2. The van der Waals surface area contributed by atoms with Crippen LogP contribution in [0.1, 0.15) is 55.8 Å². The van der Waals surface area contributed by atoms with Gasteiger partial charge in [0.05, 0.1) is 24.8 Å². The fourth-order valence-electron chi connectivity index (χ4n) is 4.92. The van der Waals surface area contributed by atoms with Gasteiger partial charge in [0.1, 0.15) is 11.6 Å². The van der Waals surface area contributed by atoms with E-state index in [4.69, 9.17) is 4.74 Å². The number of aromatic amines is 1. The Morgan fingerprint density at radius 2 is 1.93 bits per heavy atom. The Morgan fingerprint density at radius 3 is 2.75 bits per heavy atom. The van der Waals surface area contributed by atoms with E-state index in [0.29, 0.717) is 46.5 Å². The van der Waals surface area contributed by atoms with Crippen molar-refractivity contribution in [3.63, 3.8) is 0 Å². The summed E-state index contributed by atoms with van der Waals surface area (Å²) in [6.45, 7) is 0.240. The number of rotatable bonds is 6. The van der Waals surface area contributed by atoms with E-state index in [0.717, 1.165) is 35.8 Å². The molecule has 4 aromatic rings. The summed E-state index contributed by atoms with van der Waals surface area (Å²) in [5, 5.41) is 16.5. The molecule has 204 valence electrons. The van der Waals surface area contributed by atoms with E-state index < -0.39 is 6.04 Å². The first kappa shape index (κ1) is 27.0. The van der Waals surface area contributed by atoms with Crippen molar-refractivity contribution in [2.75, 3.05) is 20.3 Å². The fourth-order valence-corrected chi connectivity index (χ4v) is 4.92. The third-order valence-corrected chi connectivity index (χ3v) is 6.95. The molecule has 5 rings (SSSR count). The van der Waals surface area contributed by atoms with Crippen LogP contribution in [0.4, 0.5) is 4.39 Å². The second-order valence-corrected chi connectivity index (χ2v) is 9.79. The van der Waals surface area contributed by atoms with Gasteiger partial charge in [0.15, 0.2) is 0 Å². The number of aryl methyl sites for hydroxylation is 1. The monoisotopic (exact) mass is 539 g/mol. The quantitative estimate of drug-likeness (QED) is 0.277. The SMILES string of the molecule is CNC(=O)c1cccc(C#Cc2cc3c(c(C(=O)NC(CO)Cc4c[nH]c5cc(F)ccc45)c2)OCCCC3)c1. The number of benzene rings is 3. The van der Waals surface area contributed by atoms with Crippen LogP contribution in [-0.4, -0.2) is 48.2 Å². The lowest BCUT2D eigenvalue weighted by Crippen LogP contribution is -2.39. The average molecular weight is 540 g/mol. The molecular weight excluding hydrogens is 509 g/mol. The van der Waals surface area contributed by atoms with Gasteiger partial charge in [-0.25, -0.2) is 4.39 Å². The molecule has 1 aliphatic rings. The second-order valence-electron chi connectivity index (χ2n) is 9.79. The number of aliphatic hydroxyl groups excluding tert-OH is 1. The van der Waals surface area contributed by atoms with Gasteiger partial charge in [0.25, 0.3) is 11.8 Å². The summed E-state index contributed by atoms with van der Waals surface area (Å²) < 4.78 is 19.6. The van der Waals surface area contributed by atoms with Crippen LogP contribution in [0.3, 0.4) is 0 Å². The molecule has 0 bridgehead atoms. The number of fused-ring (bicyclic) bond motifs is 2. The van der Waals surface area contributed by atoms with E-state index in [1.165, 1.54) is 12.1 Å². The van der Waals surface area contributed by atoms with Crippen molar-refractivity contribution in [1.82, 2.24) is 15.6 Å². The fraction of sp³-hybridized carbons (Fsp3) is 0.250. The second kappa shape index (κ2) is 12.1. The highest BCUT2D eigenvalue weighted by atomic mass is 19.1. The Kier molecular flexibility index (Phi) is 8.13. The molecule has 1 atom stereocenters. The lowest BCUT2D eigenvalue weighted by Gasteiger charge is -2.19. The minimum Gasteiger partial charge on any atom is -0.492 e. The maximum atomic E-state index is 13.6. The molecule has 1 aromatic heterocycles. The molecule has 0 saturated carbocycles. The van der Waals surface area contributed by atoms with Gasteiger partial charge in [-0.2, -0.15) is 0 Å². The molecule has 0 aliphatic carbocycles. The zero-order valence-corrected chi connectivity index (χ0v) is 22.1. The molecular formula is C32H30FN3O4. The molecule has 0 fully saturated rings. The van der Waals surface area contributed by atoms with Gasteiger partial charge in [-0.3, -0.25) is 9.59 Å². The number of ether oxygens (including phenoxy) is 1. The van der Waals surface area contributed by atoms with Gasteiger partial charge in [-0.05, 0) is 85.3 Å². The highest BCUT2D eigenvalue weighted by Crippen LogP contribution is 2.30. The zero-order chi connectivity index (χ0) is 28.1. The lowest BCUT2D eigenvalue weighted by atomic mass is 9.99. The third kappa shape index (κ3) is 6.00. The van der Waals surface area contributed by atoms with Crippen LogP contribution in [0, 0.1) is 17.7 Å². The Morgan fingerprint density at radius 1 is 1.07 bits per heavy atom. The predicted octanol–water partition coefficient (Wildman–Crippen LogP) is 4.11. The van der Waals surface area contributed by atoms with Crippen molar-refractivity contribution in [3.8, 4) is 17.6 Å². The number of aromatic nitrogens is 1. The minimum atomic E-state index is -0.569. The molecule has 40 heavy (non-hydrogen) atoms. The molecule has 1 unspecified atom stereocenters. The van der Waals surface area contributed by atoms with Gasteiger partial charge in [-0.1, -0.05) is 17.9 Å². The number of H-pyrrole nitrogens is 1. The molecule has 0 radical (unpaired) electrons. The van der Waals surface area contributed by atoms with Crippen LogP contribution in [-0.2, 0) is 12.8 Å². The highest BCUT2D eigenvalue weighted by molar-refractivity contribution is 5.98. The number of hydrogen-bond acceptors (Lipinski definition) is 4. The lowest BCUT2D eigenvalue weighted by molar-refractivity contribution is 0.0911. The van der Waals surface area contributed by atoms with Gasteiger partial charge in [0, 0.05) is 40.8 Å². The maximum absolute atomic E-state index is 13.6. The highest BCUT2D eigenvalue weighted by Gasteiger charge is 2.23. The van der Waals surface area contributed by atoms with Crippen LogP contribution in [0.25, 0.3) is 10.9 Å². The van der Waals surface area contributed by atoms with Crippen molar-refractivity contribution < 1.29 is 23.8 Å². The summed E-state index contributed by atoms with van der Waals surface area (Å²) in [5.41, 5.74) is 4.64. The third-order valence-electron chi connectivity index (χ3n) is 6.95. The van der Waals surface area contributed by atoms with E-state index in [-0.39, 0.29) is 24.2 Å². The first-order valence-electron chi connectivity index (χ1n) is 13.3. The largest absolute Gasteiger partial charge is 0.492 e. The number of nitrogens with one attached hydrogen (secondary N) is 3. The molecule has 2 heterocycles. The van der Waals surface area contributed by atoms with E-state index in [1.807, 2.05) is 12.1 Å². The Hall–Kier alpha value is -4.61. The molecule has 4 N–H and O–H groups in total. The van der Waals surface area contributed by atoms with Gasteiger partial charge in [-0.15, -0.1) is 0 Å². The first-order valence-corrected chi connectivity index (χ1v) is 13.3. The number of carbonyl (C=O) groups is 2. The molecule has 8 heteroatoms. The summed E-state index contributed by atoms with van der Waals surface area (Å²) in [7, 11) is 1.58. The van der Waals surface area contributed by atoms with Gasteiger partial charge < -0.3 is 25.5 Å². The zero-order valence-electron chi connectivity index (χ0n) is 22.1. The molecule has 2 amide bonds. The Labute approximate surface area is 231 Å². The molecule has 1 aliphatic heterocycles. The molecule has 7 nitrogen and oxygen atoms in total. The summed E-state index contributed by atoms with van der Waals surface area (Å²) in [4.78, 5) is 28.6. The molecule has 0 spiro atoms. The summed E-state index contributed by atoms with van der Waals surface area (Å²) in [5.74, 6) is 5.88. The van der Waals surface area contributed by atoms with Gasteiger partial charge in [0.2, 0.25) is 0 Å². The van der Waals surface area contributed by atoms with Crippen molar-refractivity contribution in [1.29, 1.82) is 0 Å². The Bertz CT molecular complexity index is 1630. The number of aliphatic hydroxyl groups is 1. The van der Waals surface area contributed by atoms with E-state index in [1.54, 1.807) is 43.6 Å². The maximum Gasteiger partial charge on any atom is 0.255 e. The Balaban J connectivity index is 1.42. The molecule has 0 saturated heterocycles. The van der Waals surface area contributed by atoms with Crippen LogP contribution < -0.4 is 15.4 Å². The van der Waals surface area contributed by atoms with Crippen molar-refractivity contribution in [2.24, 2.45) is 0 Å². The minimum absolute atomic E-state index is 0.192. The van der Waals surface area contributed by atoms with Crippen molar-refractivity contribution >= 4 is 22.7 Å². The van der Waals surface area contributed by atoms with Crippen molar-refractivity contribution in [2.45, 2.75) is 31.7 Å². The summed E-state index contributed by atoms with van der Waals surface area (Å²) in [6, 6.07) is 14.6. The van der Waals surface area contributed by atoms with E-state index in [9.17, 15) is 19.1 Å². The van der Waals surface area contributed by atoms with Crippen LogP contribution in [0.15, 0.2) is 60.8 Å². The average Bonchev–Trinajstić information content (AvgIpc) is 3.20. The summed E-state index contributed by atoms with van der Waals surface area (Å²) in [6.07, 6.45) is 4.69. The van der Waals surface area contributed by atoms with Crippen molar-refractivity contribution in [3.05, 3.63) is 100.0 Å². The topological polar surface area (TPSA) is 103 Å². The van der Waals surface area contributed by atoms with Crippen LogP contribution in [0.2, 0.25) is 0 Å². The number of carbonyl (C=O) groups excluding carboxylic acids is 2. The normalized spacial score (nSPS) is 13.3. The van der Waals surface area contributed by atoms with E-state index >= 15 is 0 Å². The summed E-state index contributed by atoms with van der Waals surface area (Å²) >= 11 is 0. The number of halogens is 1. The predicted molar refractivity (Wildman–Crippen MR) is 151 cm³/mol. The van der Waals surface area contributed by atoms with Crippen LogP contribution in [0.5, 0.6) is 5.75 Å².